The summed E-state index contributed by atoms with van der Waals surface area (Å²) in [4.78, 5) is 45.5. The molecule has 0 aromatic carbocycles. The minimum atomic E-state index is -0.0992. The molecule has 3 amide bonds. The van der Waals surface area contributed by atoms with Gasteiger partial charge in [-0.05, 0) is 12.1 Å². The summed E-state index contributed by atoms with van der Waals surface area (Å²) < 4.78 is 0. The lowest BCUT2D eigenvalue weighted by Crippen LogP contribution is -2.48. The highest BCUT2D eigenvalue weighted by atomic mass is 16.2. The van der Waals surface area contributed by atoms with Gasteiger partial charge < -0.3 is 19.6 Å². The number of carbonyl (C=O) groups is 3. The predicted molar refractivity (Wildman–Crippen MR) is 87.6 cm³/mol. The normalized spacial score (nSPS) is 18.5. The molecule has 2 fully saturated rings. The standard InChI is InChI=1S/C16H21N5O3/c22-12-18-3-7-20(8-4-18)14-1-2-15(17-11-14)16(24)21-9-5-19(13-23)6-10-21/h1-2,11-13H,3-10H2. The largest absolute Gasteiger partial charge is 0.367 e. The second-order valence-electron chi connectivity index (χ2n) is 5.96. The molecule has 8 nitrogen and oxygen atoms in total. The van der Waals surface area contributed by atoms with Crippen molar-refractivity contribution in [2.75, 3.05) is 57.3 Å². The van der Waals surface area contributed by atoms with Crippen molar-refractivity contribution >= 4 is 24.4 Å². The van der Waals surface area contributed by atoms with Crippen LogP contribution in [0.25, 0.3) is 0 Å². The van der Waals surface area contributed by atoms with Gasteiger partial charge in [0.05, 0.1) is 11.9 Å². The van der Waals surface area contributed by atoms with Crippen LogP contribution >= 0.6 is 0 Å². The molecule has 2 saturated heterocycles. The van der Waals surface area contributed by atoms with Crippen LogP contribution in [-0.2, 0) is 9.59 Å². The summed E-state index contributed by atoms with van der Waals surface area (Å²) in [5, 5.41) is 0. The van der Waals surface area contributed by atoms with E-state index in [0.717, 1.165) is 31.6 Å². The molecule has 24 heavy (non-hydrogen) atoms. The van der Waals surface area contributed by atoms with Gasteiger partial charge in [-0.3, -0.25) is 14.4 Å². The van der Waals surface area contributed by atoms with E-state index >= 15 is 0 Å². The monoisotopic (exact) mass is 331 g/mol. The molecule has 0 bridgehead atoms. The number of rotatable bonds is 4. The highest BCUT2D eigenvalue weighted by molar-refractivity contribution is 5.92. The topological polar surface area (TPSA) is 77.1 Å². The molecular weight excluding hydrogens is 310 g/mol. The third-order valence-electron chi connectivity index (χ3n) is 4.55. The van der Waals surface area contributed by atoms with Crippen molar-refractivity contribution < 1.29 is 14.4 Å². The first-order valence-corrected chi connectivity index (χ1v) is 8.10. The first kappa shape index (κ1) is 16.2. The van der Waals surface area contributed by atoms with Crippen LogP contribution in [0, 0.1) is 0 Å². The lowest BCUT2D eigenvalue weighted by molar-refractivity contribution is -0.119. The Hall–Kier alpha value is -2.64. The zero-order chi connectivity index (χ0) is 16.9. The van der Waals surface area contributed by atoms with Crippen molar-refractivity contribution in [1.82, 2.24) is 19.7 Å². The lowest BCUT2D eigenvalue weighted by atomic mass is 10.2. The van der Waals surface area contributed by atoms with E-state index in [9.17, 15) is 14.4 Å². The Labute approximate surface area is 140 Å². The minimum Gasteiger partial charge on any atom is -0.367 e. The number of nitrogens with zero attached hydrogens (tertiary/aromatic N) is 5. The number of piperazine rings is 2. The van der Waals surface area contributed by atoms with Crippen LogP contribution in [0.3, 0.4) is 0 Å². The fraction of sp³-hybridized carbons (Fsp3) is 0.500. The van der Waals surface area contributed by atoms with Crippen molar-refractivity contribution in [3.05, 3.63) is 24.0 Å². The molecule has 3 rings (SSSR count). The molecule has 2 aliphatic heterocycles. The summed E-state index contributed by atoms with van der Waals surface area (Å²) in [5.74, 6) is -0.0992. The number of anilines is 1. The molecule has 0 spiro atoms. The number of hydrogen-bond acceptors (Lipinski definition) is 5. The van der Waals surface area contributed by atoms with Crippen LogP contribution in [-0.4, -0.2) is 90.8 Å². The van der Waals surface area contributed by atoms with E-state index in [1.54, 1.807) is 27.0 Å². The van der Waals surface area contributed by atoms with Crippen LogP contribution in [0.5, 0.6) is 0 Å². The molecule has 0 radical (unpaired) electrons. The van der Waals surface area contributed by atoms with E-state index in [2.05, 4.69) is 9.88 Å². The average Bonchev–Trinajstić information content (AvgIpc) is 2.68. The zero-order valence-corrected chi connectivity index (χ0v) is 13.5. The molecule has 0 atom stereocenters. The average molecular weight is 331 g/mol. The highest BCUT2D eigenvalue weighted by Gasteiger charge is 2.22. The van der Waals surface area contributed by atoms with Crippen molar-refractivity contribution in [1.29, 1.82) is 0 Å². The number of hydrogen-bond donors (Lipinski definition) is 0. The first-order valence-electron chi connectivity index (χ1n) is 8.10. The molecule has 0 saturated carbocycles. The maximum absolute atomic E-state index is 12.5. The van der Waals surface area contributed by atoms with E-state index in [0.29, 0.717) is 45.0 Å². The van der Waals surface area contributed by atoms with Gasteiger partial charge in [0, 0.05) is 52.4 Å². The van der Waals surface area contributed by atoms with E-state index in [-0.39, 0.29) is 5.91 Å². The van der Waals surface area contributed by atoms with Crippen LogP contribution in [0.15, 0.2) is 18.3 Å². The fourth-order valence-electron chi connectivity index (χ4n) is 2.98. The third kappa shape index (κ3) is 3.47. The Morgan fingerprint density at radius 2 is 1.46 bits per heavy atom. The van der Waals surface area contributed by atoms with E-state index in [4.69, 9.17) is 0 Å². The molecule has 1 aromatic heterocycles. The maximum atomic E-state index is 12.5. The Kier molecular flexibility index (Phi) is 4.93. The van der Waals surface area contributed by atoms with Crippen molar-refractivity contribution in [3.8, 4) is 0 Å². The SMILES string of the molecule is O=CN1CCN(C(=O)c2ccc(N3CCN(C=O)CC3)cn2)CC1. The highest BCUT2D eigenvalue weighted by Crippen LogP contribution is 2.16. The van der Waals surface area contributed by atoms with Crippen LogP contribution in [0.4, 0.5) is 5.69 Å². The van der Waals surface area contributed by atoms with Gasteiger partial charge >= 0.3 is 0 Å². The first-order chi connectivity index (χ1) is 11.7. The quantitative estimate of drug-likeness (QED) is 0.680. The minimum absolute atomic E-state index is 0.0992. The summed E-state index contributed by atoms with van der Waals surface area (Å²) in [6, 6.07) is 3.65. The zero-order valence-electron chi connectivity index (χ0n) is 13.5. The molecule has 8 heteroatoms. The molecule has 0 N–H and O–H groups in total. The Morgan fingerprint density at radius 1 is 0.875 bits per heavy atom. The van der Waals surface area contributed by atoms with Gasteiger partial charge in [0.1, 0.15) is 5.69 Å². The van der Waals surface area contributed by atoms with Crippen LogP contribution in [0.2, 0.25) is 0 Å². The van der Waals surface area contributed by atoms with Crippen molar-refractivity contribution in [2.45, 2.75) is 0 Å². The van der Waals surface area contributed by atoms with Gasteiger partial charge in [-0.1, -0.05) is 0 Å². The molecule has 0 unspecified atom stereocenters. The van der Waals surface area contributed by atoms with Crippen LogP contribution in [0.1, 0.15) is 10.5 Å². The molecule has 3 heterocycles. The summed E-state index contributed by atoms with van der Waals surface area (Å²) >= 11 is 0. The Bertz CT molecular complexity index is 590. The van der Waals surface area contributed by atoms with Gasteiger partial charge in [-0.15, -0.1) is 0 Å². The van der Waals surface area contributed by atoms with Gasteiger partial charge in [0.15, 0.2) is 0 Å². The number of pyridine rings is 1. The Balaban J connectivity index is 1.59. The second kappa shape index (κ2) is 7.29. The summed E-state index contributed by atoms with van der Waals surface area (Å²) in [5.41, 5.74) is 1.38. The number of amides is 3. The molecule has 0 aliphatic carbocycles. The molecular formula is C16H21N5O3. The van der Waals surface area contributed by atoms with Gasteiger partial charge in [-0.2, -0.15) is 0 Å². The van der Waals surface area contributed by atoms with Crippen molar-refractivity contribution in [2.24, 2.45) is 0 Å². The second-order valence-corrected chi connectivity index (χ2v) is 5.96. The van der Waals surface area contributed by atoms with E-state index < -0.39 is 0 Å². The predicted octanol–water partition coefficient (Wildman–Crippen LogP) is -0.726. The molecule has 2 aliphatic rings. The van der Waals surface area contributed by atoms with E-state index in [1.165, 1.54) is 0 Å². The van der Waals surface area contributed by atoms with Gasteiger partial charge in [0.2, 0.25) is 12.8 Å². The summed E-state index contributed by atoms with van der Waals surface area (Å²) in [6.07, 6.45) is 3.41. The molecule has 128 valence electrons. The number of carbonyl (C=O) groups excluding carboxylic acids is 3. The fourth-order valence-corrected chi connectivity index (χ4v) is 2.98. The van der Waals surface area contributed by atoms with Crippen LogP contribution < -0.4 is 4.90 Å². The third-order valence-corrected chi connectivity index (χ3v) is 4.55. The lowest BCUT2D eigenvalue weighted by Gasteiger charge is -2.34. The summed E-state index contributed by atoms with van der Waals surface area (Å²) in [7, 11) is 0. The summed E-state index contributed by atoms with van der Waals surface area (Å²) in [6.45, 7) is 5.13. The molecule has 1 aromatic rings. The van der Waals surface area contributed by atoms with Gasteiger partial charge in [-0.25, -0.2) is 4.98 Å². The Morgan fingerprint density at radius 3 is 1.96 bits per heavy atom. The van der Waals surface area contributed by atoms with Crippen molar-refractivity contribution in [3.63, 3.8) is 0 Å². The smallest absolute Gasteiger partial charge is 0.272 e. The number of aromatic nitrogens is 1. The van der Waals surface area contributed by atoms with E-state index in [1.807, 2.05) is 6.07 Å². The maximum Gasteiger partial charge on any atom is 0.272 e. The van der Waals surface area contributed by atoms with Gasteiger partial charge in [0.25, 0.3) is 5.91 Å².